The van der Waals surface area contributed by atoms with Crippen LogP contribution in [0.4, 0.5) is 5.69 Å². The molecule has 122 valence electrons. The van der Waals surface area contributed by atoms with Crippen LogP contribution in [0.1, 0.15) is 15.9 Å². The quantitative estimate of drug-likeness (QED) is 0.842. The number of nitriles is 1. The van der Waals surface area contributed by atoms with E-state index in [2.05, 4.69) is 5.32 Å². The lowest BCUT2D eigenvalue weighted by Crippen LogP contribution is -2.21. The zero-order chi connectivity index (χ0) is 17.5. The van der Waals surface area contributed by atoms with Gasteiger partial charge in [0.15, 0.2) is 6.61 Å². The van der Waals surface area contributed by atoms with Gasteiger partial charge in [0.1, 0.15) is 11.3 Å². The van der Waals surface area contributed by atoms with Gasteiger partial charge in [0.2, 0.25) is 0 Å². The Morgan fingerprint density at radius 3 is 2.75 bits per heavy atom. The number of benzene rings is 2. The lowest BCUT2D eigenvalue weighted by atomic mass is 10.2. The minimum Gasteiger partial charge on any atom is -0.496 e. The summed E-state index contributed by atoms with van der Waals surface area (Å²) in [6.07, 6.45) is 0. The maximum atomic E-state index is 12.1. The van der Waals surface area contributed by atoms with Crippen LogP contribution in [0.5, 0.6) is 5.75 Å². The highest BCUT2D eigenvalue weighted by molar-refractivity contribution is 6.31. The van der Waals surface area contributed by atoms with Gasteiger partial charge in [-0.1, -0.05) is 17.7 Å². The fraction of sp³-hybridized carbons (Fsp3) is 0.118. The number of nitrogens with one attached hydrogen (secondary N) is 1. The van der Waals surface area contributed by atoms with Gasteiger partial charge in [0.25, 0.3) is 5.91 Å². The first kappa shape index (κ1) is 17.3. The van der Waals surface area contributed by atoms with Crippen LogP contribution in [0, 0.1) is 11.3 Å². The molecule has 0 spiro atoms. The molecule has 0 aliphatic heterocycles. The maximum absolute atomic E-state index is 12.1. The van der Waals surface area contributed by atoms with Crippen molar-refractivity contribution >= 4 is 29.2 Å². The first-order chi connectivity index (χ1) is 11.5. The topological polar surface area (TPSA) is 88.4 Å². The summed E-state index contributed by atoms with van der Waals surface area (Å²) in [6.45, 7) is -0.481. The van der Waals surface area contributed by atoms with Crippen molar-refractivity contribution in [3.05, 3.63) is 58.6 Å². The summed E-state index contributed by atoms with van der Waals surface area (Å²) in [6, 6.07) is 12.9. The molecule has 1 amide bonds. The molecule has 0 aliphatic carbocycles. The van der Waals surface area contributed by atoms with Gasteiger partial charge in [0, 0.05) is 10.7 Å². The van der Waals surface area contributed by atoms with E-state index in [4.69, 9.17) is 26.3 Å². The standard InChI is InChI=1S/C17H13ClN2O4/c1-23-15-6-5-12(18)8-14(15)17(22)24-10-16(21)20-13-4-2-3-11(7-13)9-19/h2-8H,10H2,1H3,(H,20,21). The first-order valence-corrected chi connectivity index (χ1v) is 7.22. The van der Waals surface area contributed by atoms with Crippen molar-refractivity contribution < 1.29 is 19.1 Å². The van der Waals surface area contributed by atoms with Crippen molar-refractivity contribution in [2.45, 2.75) is 0 Å². The van der Waals surface area contributed by atoms with Gasteiger partial charge < -0.3 is 14.8 Å². The molecule has 0 bridgehead atoms. The molecule has 2 aromatic carbocycles. The fourth-order valence-corrected chi connectivity index (χ4v) is 2.08. The van der Waals surface area contributed by atoms with E-state index in [1.807, 2.05) is 6.07 Å². The molecule has 1 N–H and O–H groups in total. The van der Waals surface area contributed by atoms with E-state index in [0.717, 1.165) is 0 Å². The van der Waals surface area contributed by atoms with Crippen LogP contribution in [0.2, 0.25) is 5.02 Å². The Bertz CT molecular complexity index is 814. The molecule has 6 nitrogen and oxygen atoms in total. The average molecular weight is 345 g/mol. The number of ether oxygens (including phenoxy) is 2. The highest BCUT2D eigenvalue weighted by Gasteiger charge is 2.16. The summed E-state index contributed by atoms with van der Waals surface area (Å²) in [5.41, 5.74) is 0.980. The number of hydrogen-bond donors (Lipinski definition) is 1. The van der Waals surface area contributed by atoms with Gasteiger partial charge in [-0.2, -0.15) is 5.26 Å². The van der Waals surface area contributed by atoms with E-state index in [1.165, 1.54) is 25.3 Å². The normalized spacial score (nSPS) is 9.71. The van der Waals surface area contributed by atoms with Gasteiger partial charge in [0.05, 0.1) is 18.7 Å². The van der Waals surface area contributed by atoms with Crippen LogP contribution < -0.4 is 10.1 Å². The first-order valence-electron chi connectivity index (χ1n) is 6.84. The van der Waals surface area contributed by atoms with Gasteiger partial charge in [-0.05, 0) is 36.4 Å². The van der Waals surface area contributed by atoms with Gasteiger partial charge in [-0.3, -0.25) is 4.79 Å². The SMILES string of the molecule is COc1ccc(Cl)cc1C(=O)OCC(=O)Nc1cccc(C#N)c1. The summed E-state index contributed by atoms with van der Waals surface area (Å²) in [5, 5.41) is 11.7. The third-order valence-corrected chi connectivity index (χ3v) is 3.23. The number of anilines is 1. The summed E-state index contributed by atoms with van der Waals surface area (Å²) in [7, 11) is 1.41. The number of hydrogen-bond acceptors (Lipinski definition) is 5. The molecule has 2 aromatic rings. The smallest absolute Gasteiger partial charge is 0.342 e. The zero-order valence-corrected chi connectivity index (χ0v) is 13.5. The predicted molar refractivity (Wildman–Crippen MR) is 88.1 cm³/mol. The molecule has 7 heteroatoms. The molecule has 0 aromatic heterocycles. The Kier molecular flexibility index (Phi) is 5.77. The monoisotopic (exact) mass is 344 g/mol. The van der Waals surface area contributed by atoms with E-state index in [1.54, 1.807) is 24.3 Å². The van der Waals surface area contributed by atoms with Crippen LogP contribution in [-0.2, 0) is 9.53 Å². The molecule has 24 heavy (non-hydrogen) atoms. The number of rotatable bonds is 5. The Morgan fingerprint density at radius 1 is 1.25 bits per heavy atom. The fourth-order valence-electron chi connectivity index (χ4n) is 1.91. The van der Waals surface area contributed by atoms with Gasteiger partial charge in [-0.15, -0.1) is 0 Å². The summed E-state index contributed by atoms with van der Waals surface area (Å²) >= 11 is 5.85. The summed E-state index contributed by atoms with van der Waals surface area (Å²) in [4.78, 5) is 23.9. The van der Waals surface area contributed by atoms with Crippen LogP contribution in [0.3, 0.4) is 0 Å². The average Bonchev–Trinajstić information content (AvgIpc) is 2.59. The molecular weight excluding hydrogens is 332 g/mol. The second-order valence-electron chi connectivity index (χ2n) is 4.66. The molecule has 0 radical (unpaired) electrons. The van der Waals surface area contributed by atoms with Crippen molar-refractivity contribution in [2.24, 2.45) is 0 Å². The maximum Gasteiger partial charge on any atom is 0.342 e. The molecule has 0 atom stereocenters. The molecule has 0 heterocycles. The minimum absolute atomic E-state index is 0.129. The predicted octanol–water partition coefficient (Wildman–Crippen LogP) is 3.02. The molecule has 2 rings (SSSR count). The number of carbonyl (C=O) groups excluding carboxylic acids is 2. The number of halogens is 1. The van der Waals surface area contributed by atoms with Crippen molar-refractivity contribution in [1.29, 1.82) is 5.26 Å². The Morgan fingerprint density at radius 2 is 2.04 bits per heavy atom. The van der Waals surface area contributed by atoms with Crippen molar-refractivity contribution in [1.82, 2.24) is 0 Å². The second-order valence-corrected chi connectivity index (χ2v) is 5.10. The summed E-state index contributed by atoms with van der Waals surface area (Å²) < 4.78 is 10.0. The molecule has 0 fully saturated rings. The molecule has 0 unspecified atom stereocenters. The Balaban J connectivity index is 1.97. The van der Waals surface area contributed by atoms with Crippen LogP contribution in [0.15, 0.2) is 42.5 Å². The van der Waals surface area contributed by atoms with E-state index in [9.17, 15) is 9.59 Å². The van der Waals surface area contributed by atoms with Crippen LogP contribution in [-0.4, -0.2) is 25.6 Å². The minimum atomic E-state index is -0.727. The van der Waals surface area contributed by atoms with Gasteiger partial charge >= 0.3 is 5.97 Å². The zero-order valence-electron chi connectivity index (χ0n) is 12.7. The Labute approximate surface area is 143 Å². The third kappa shape index (κ3) is 4.48. The second kappa shape index (κ2) is 7.99. The van der Waals surface area contributed by atoms with Crippen molar-refractivity contribution in [2.75, 3.05) is 19.0 Å². The van der Waals surface area contributed by atoms with E-state index < -0.39 is 18.5 Å². The third-order valence-electron chi connectivity index (χ3n) is 2.99. The van der Waals surface area contributed by atoms with E-state index in [0.29, 0.717) is 22.0 Å². The molecule has 0 saturated heterocycles. The lowest BCUT2D eigenvalue weighted by Gasteiger charge is -2.09. The number of methoxy groups -OCH3 is 1. The van der Waals surface area contributed by atoms with Crippen LogP contribution >= 0.6 is 11.6 Å². The lowest BCUT2D eigenvalue weighted by molar-refractivity contribution is -0.119. The molecule has 0 aliphatic rings. The Hall–Kier alpha value is -3.04. The number of esters is 1. The van der Waals surface area contributed by atoms with Crippen molar-refractivity contribution in [3.63, 3.8) is 0 Å². The van der Waals surface area contributed by atoms with Crippen molar-refractivity contribution in [3.8, 4) is 11.8 Å². The number of amides is 1. The van der Waals surface area contributed by atoms with Gasteiger partial charge in [-0.25, -0.2) is 4.79 Å². The highest BCUT2D eigenvalue weighted by atomic mass is 35.5. The van der Waals surface area contributed by atoms with E-state index >= 15 is 0 Å². The highest BCUT2D eigenvalue weighted by Crippen LogP contribution is 2.23. The molecular formula is C17H13ClN2O4. The summed E-state index contributed by atoms with van der Waals surface area (Å²) in [5.74, 6) is -0.957. The van der Waals surface area contributed by atoms with E-state index in [-0.39, 0.29) is 5.56 Å². The number of nitrogens with zero attached hydrogens (tertiary/aromatic N) is 1. The molecule has 0 saturated carbocycles. The number of carbonyl (C=O) groups is 2. The largest absolute Gasteiger partial charge is 0.496 e. The van der Waals surface area contributed by atoms with Crippen LogP contribution in [0.25, 0.3) is 0 Å².